The number of hydrogen-bond acceptors (Lipinski definition) is 3. The first-order valence-corrected chi connectivity index (χ1v) is 9.14. The van der Waals surface area contributed by atoms with Gasteiger partial charge in [-0.3, -0.25) is 4.79 Å². The van der Waals surface area contributed by atoms with Crippen LogP contribution in [-0.4, -0.2) is 17.4 Å². The number of carbonyl (C=O) groups is 1. The van der Waals surface area contributed by atoms with Crippen LogP contribution < -0.4 is 4.74 Å². The van der Waals surface area contributed by atoms with Crippen molar-refractivity contribution in [3.63, 3.8) is 0 Å². The van der Waals surface area contributed by atoms with E-state index in [9.17, 15) is 4.79 Å². The van der Waals surface area contributed by atoms with E-state index in [2.05, 4.69) is 0 Å². The van der Waals surface area contributed by atoms with Crippen molar-refractivity contribution in [1.82, 2.24) is 4.90 Å². The maximum atomic E-state index is 12.8. The summed E-state index contributed by atoms with van der Waals surface area (Å²) >= 11 is 6.07. The molecule has 0 saturated carbocycles. The highest BCUT2D eigenvalue weighted by Gasteiger charge is 2.17. The highest BCUT2D eigenvalue weighted by atomic mass is 35.5. The molecule has 1 heterocycles. The smallest absolute Gasteiger partial charge is 0.261 e. The van der Waals surface area contributed by atoms with E-state index in [1.54, 1.807) is 11.2 Å². The molecule has 0 bridgehead atoms. The number of nitrogens with zero attached hydrogens (tertiary/aromatic N) is 1. The summed E-state index contributed by atoms with van der Waals surface area (Å²) in [4.78, 5) is 14.5. The van der Waals surface area contributed by atoms with Gasteiger partial charge < -0.3 is 14.1 Å². The van der Waals surface area contributed by atoms with Gasteiger partial charge in [-0.2, -0.15) is 0 Å². The molecule has 0 aliphatic heterocycles. The monoisotopic (exact) mass is 383 g/mol. The fourth-order valence-corrected chi connectivity index (χ4v) is 2.93. The highest BCUT2D eigenvalue weighted by Crippen LogP contribution is 2.18. The average molecular weight is 384 g/mol. The van der Waals surface area contributed by atoms with Gasteiger partial charge in [0.2, 0.25) is 0 Å². The zero-order chi connectivity index (χ0) is 19.2. The molecule has 0 aliphatic carbocycles. The molecule has 0 spiro atoms. The number of amides is 1. The first-order valence-electron chi connectivity index (χ1n) is 8.76. The van der Waals surface area contributed by atoms with Crippen LogP contribution in [0.4, 0.5) is 0 Å². The van der Waals surface area contributed by atoms with Gasteiger partial charge in [0.05, 0.1) is 12.8 Å². The zero-order valence-electron chi connectivity index (χ0n) is 15.4. The Morgan fingerprint density at radius 1 is 1.04 bits per heavy atom. The number of furan rings is 1. The summed E-state index contributed by atoms with van der Waals surface area (Å²) in [6.07, 6.45) is 1.60. The van der Waals surface area contributed by atoms with Crippen molar-refractivity contribution >= 4 is 17.5 Å². The Bertz CT molecular complexity index is 906. The molecule has 0 aliphatic rings. The first kappa shape index (κ1) is 19.1. The van der Waals surface area contributed by atoms with Gasteiger partial charge in [-0.05, 0) is 66.9 Å². The number of carbonyl (C=O) groups excluding carboxylic acids is 1. The molecule has 0 N–H and O–H groups in total. The van der Waals surface area contributed by atoms with Crippen LogP contribution in [0.3, 0.4) is 0 Å². The molecule has 140 valence electrons. The third-order valence-corrected chi connectivity index (χ3v) is 4.62. The molecule has 1 aromatic heterocycles. The SMILES string of the molecule is Cc1ccc(OCC(=O)N(Cc2cccc(Cl)c2)Cc2ccco2)cc1C. The molecule has 3 rings (SSSR count). The summed E-state index contributed by atoms with van der Waals surface area (Å²) in [5.74, 6) is 1.29. The molecule has 27 heavy (non-hydrogen) atoms. The van der Waals surface area contributed by atoms with E-state index in [1.807, 2.05) is 68.4 Å². The van der Waals surface area contributed by atoms with Crippen molar-refractivity contribution in [2.24, 2.45) is 0 Å². The lowest BCUT2D eigenvalue weighted by atomic mass is 10.1. The second kappa shape index (κ2) is 8.78. The van der Waals surface area contributed by atoms with Crippen LogP contribution in [0, 0.1) is 13.8 Å². The van der Waals surface area contributed by atoms with Gasteiger partial charge in [-0.15, -0.1) is 0 Å². The van der Waals surface area contributed by atoms with E-state index in [-0.39, 0.29) is 12.5 Å². The Hall–Kier alpha value is -2.72. The van der Waals surface area contributed by atoms with Crippen LogP contribution in [0.1, 0.15) is 22.5 Å². The molecule has 0 saturated heterocycles. The van der Waals surface area contributed by atoms with Gasteiger partial charge in [0.25, 0.3) is 5.91 Å². The predicted molar refractivity (Wildman–Crippen MR) is 106 cm³/mol. The van der Waals surface area contributed by atoms with Crippen molar-refractivity contribution in [2.75, 3.05) is 6.61 Å². The van der Waals surface area contributed by atoms with Crippen LogP contribution in [0.15, 0.2) is 65.3 Å². The van der Waals surface area contributed by atoms with Crippen molar-refractivity contribution in [3.8, 4) is 5.75 Å². The van der Waals surface area contributed by atoms with Gasteiger partial charge >= 0.3 is 0 Å². The Kier molecular flexibility index (Phi) is 6.20. The quantitative estimate of drug-likeness (QED) is 0.566. The van der Waals surface area contributed by atoms with Crippen molar-refractivity contribution in [3.05, 3.63) is 88.3 Å². The summed E-state index contributed by atoms with van der Waals surface area (Å²) in [7, 11) is 0. The summed E-state index contributed by atoms with van der Waals surface area (Å²) in [5.41, 5.74) is 3.27. The molecule has 3 aromatic rings. The number of rotatable bonds is 7. The van der Waals surface area contributed by atoms with E-state index in [0.29, 0.717) is 23.9 Å². The molecule has 0 unspecified atom stereocenters. The predicted octanol–water partition coefficient (Wildman–Crippen LogP) is 5.16. The Balaban J connectivity index is 1.70. The fourth-order valence-electron chi connectivity index (χ4n) is 2.72. The van der Waals surface area contributed by atoms with Gasteiger partial charge in [0, 0.05) is 11.6 Å². The largest absolute Gasteiger partial charge is 0.484 e. The molecular formula is C22H22ClNO3. The van der Waals surface area contributed by atoms with E-state index in [1.165, 1.54) is 5.56 Å². The van der Waals surface area contributed by atoms with Crippen LogP contribution in [0.2, 0.25) is 5.02 Å². The summed E-state index contributed by atoms with van der Waals surface area (Å²) in [6, 6.07) is 16.9. The number of hydrogen-bond donors (Lipinski definition) is 0. The number of ether oxygens (including phenoxy) is 1. The van der Waals surface area contributed by atoms with Gasteiger partial charge in [-0.1, -0.05) is 29.8 Å². The first-order chi connectivity index (χ1) is 13.0. The lowest BCUT2D eigenvalue weighted by molar-refractivity contribution is -0.134. The van der Waals surface area contributed by atoms with Crippen LogP contribution in [0.5, 0.6) is 5.75 Å². The molecule has 2 aromatic carbocycles. The standard InChI is InChI=1S/C22H22ClNO3/c1-16-8-9-20(11-17(16)2)27-15-22(25)24(14-21-7-4-10-26-21)13-18-5-3-6-19(23)12-18/h3-12H,13-15H2,1-2H3. The van der Waals surface area contributed by atoms with Crippen LogP contribution >= 0.6 is 11.6 Å². The minimum atomic E-state index is -0.121. The third kappa shape index (κ3) is 5.38. The van der Waals surface area contributed by atoms with Crippen LogP contribution in [-0.2, 0) is 17.9 Å². The zero-order valence-corrected chi connectivity index (χ0v) is 16.2. The lowest BCUT2D eigenvalue weighted by Gasteiger charge is -2.22. The normalized spacial score (nSPS) is 10.6. The number of aryl methyl sites for hydroxylation is 2. The van der Waals surface area contributed by atoms with E-state index in [4.69, 9.17) is 20.8 Å². The number of halogens is 1. The van der Waals surface area contributed by atoms with Gasteiger partial charge in [-0.25, -0.2) is 0 Å². The number of benzene rings is 2. The lowest BCUT2D eigenvalue weighted by Crippen LogP contribution is -2.34. The average Bonchev–Trinajstić information content (AvgIpc) is 3.15. The van der Waals surface area contributed by atoms with Gasteiger partial charge in [0.15, 0.2) is 6.61 Å². The Morgan fingerprint density at radius 2 is 1.89 bits per heavy atom. The molecule has 1 amide bonds. The molecule has 5 heteroatoms. The third-order valence-electron chi connectivity index (χ3n) is 4.38. The van der Waals surface area contributed by atoms with E-state index >= 15 is 0 Å². The molecule has 0 radical (unpaired) electrons. The molecule has 4 nitrogen and oxygen atoms in total. The van der Waals surface area contributed by atoms with Crippen molar-refractivity contribution in [1.29, 1.82) is 0 Å². The Morgan fingerprint density at radius 3 is 2.59 bits per heavy atom. The van der Waals surface area contributed by atoms with Crippen molar-refractivity contribution in [2.45, 2.75) is 26.9 Å². The molecule has 0 fully saturated rings. The van der Waals surface area contributed by atoms with E-state index < -0.39 is 0 Å². The maximum absolute atomic E-state index is 12.8. The fraction of sp³-hybridized carbons (Fsp3) is 0.227. The second-order valence-corrected chi connectivity index (χ2v) is 6.93. The van der Waals surface area contributed by atoms with Gasteiger partial charge in [0.1, 0.15) is 11.5 Å². The highest BCUT2D eigenvalue weighted by molar-refractivity contribution is 6.30. The Labute approximate surface area is 164 Å². The second-order valence-electron chi connectivity index (χ2n) is 6.49. The van der Waals surface area contributed by atoms with E-state index in [0.717, 1.165) is 16.9 Å². The summed E-state index contributed by atoms with van der Waals surface area (Å²) in [5, 5.41) is 0.643. The maximum Gasteiger partial charge on any atom is 0.261 e. The minimum absolute atomic E-state index is 0.0379. The topological polar surface area (TPSA) is 42.7 Å². The summed E-state index contributed by atoms with van der Waals surface area (Å²) < 4.78 is 11.1. The summed E-state index contributed by atoms with van der Waals surface area (Å²) in [6.45, 7) is 4.82. The molecule has 0 atom stereocenters. The van der Waals surface area contributed by atoms with Crippen LogP contribution in [0.25, 0.3) is 0 Å². The molecular weight excluding hydrogens is 362 g/mol. The minimum Gasteiger partial charge on any atom is -0.484 e. The van der Waals surface area contributed by atoms with Crippen molar-refractivity contribution < 1.29 is 13.9 Å².